The minimum absolute atomic E-state index is 0.0237. The summed E-state index contributed by atoms with van der Waals surface area (Å²) in [6.07, 6.45) is 6.97. The number of hydrazone groups is 1. The molecule has 8 heteroatoms. The summed E-state index contributed by atoms with van der Waals surface area (Å²) in [7, 11) is 3.45. The van der Waals surface area contributed by atoms with Crippen LogP contribution in [-0.2, 0) is 19.0 Å². The Morgan fingerprint density at radius 2 is 1.87 bits per heavy atom. The summed E-state index contributed by atoms with van der Waals surface area (Å²) in [5.74, 6) is -0.000953. The zero-order chi connectivity index (χ0) is 21.3. The van der Waals surface area contributed by atoms with Crippen LogP contribution in [0.25, 0.3) is 0 Å². The Balaban J connectivity index is 1.53. The Bertz CT molecular complexity index is 651. The average molecular weight is 489 g/mol. The van der Waals surface area contributed by atoms with Crippen LogP contribution in [-0.4, -0.2) is 66.4 Å². The van der Waals surface area contributed by atoms with Gasteiger partial charge in [0, 0.05) is 38.2 Å². The molecular formula is C22H34BrFN2O4. The first-order valence-electron chi connectivity index (χ1n) is 11.4. The molecule has 3 fully saturated rings. The summed E-state index contributed by atoms with van der Waals surface area (Å²) in [5.41, 5.74) is 1.02. The van der Waals surface area contributed by atoms with E-state index >= 15 is 0 Å². The molecular weight excluding hydrogens is 455 g/mol. The second kappa shape index (κ2) is 9.92. The lowest BCUT2D eigenvalue weighted by molar-refractivity contribution is -0.145. The predicted octanol–water partition coefficient (Wildman–Crippen LogP) is 4.20. The Labute approximate surface area is 187 Å². The molecule has 170 valence electrons. The molecule has 0 bridgehead atoms. The lowest BCUT2D eigenvalue weighted by Gasteiger charge is -2.35. The van der Waals surface area contributed by atoms with Crippen LogP contribution in [0.1, 0.15) is 64.2 Å². The Morgan fingerprint density at radius 1 is 1.10 bits per heavy atom. The Hall–Kier alpha value is -0.570. The summed E-state index contributed by atoms with van der Waals surface area (Å²) in [4.78, 5) is 13.3. The maximum Gasteiger partial charge on any atom is 0.272 e. The van der Waals surface area contributed by atoms with Crippen molar-refractivity contribution in [2.24, 2.45) is 16.9 Å². The molecule has 2 saturated carbocycles. The van der Waals surface area contributed by atoms with Crippen LogP contribution in [0.2, 0.25) is 0 Å². The van der Waals surface area contributed by atoms with E-state index in [0.717, 1.165) is 50.7 Å². The second-order valence-corrected chi connectivity index (χ2v) is 10.2. The molecule has 1 amide bonds. The van der Waals surface area contributed by atoms with E-state index in [4.69, 9.17) is 19.3 Å². The quantitative estimate of drug-likeness (QED) is 0.544. The standard InChI is InChI=1S/C22H34BrFN2O4/c1-28-18-8-7-13(11-20(18)29-2)16-12-17(14-5-3-4-6-15(14)24)26(25-16)22(27)19-9-10-21(23)30-19/h13-15,17-21H,3-12H2,1-2H3. The highest BCUT2D eigenvalue weighted by molar-refractivity contribution is 9.09. The number of nitrogens with zero attached hydrogens (tertiary/aromatic N) is 2. The fraction of sp³-hybridized carbons (Fsp3) is 0.909. The van der Waals surface area contributed by atoms with Crippen LogP contribution >= 0.6 is 15.9 Å². The van der Waals surface area contributed by atoms with Gasteiger partial charge < -0.3 is 14.2 Å². The van der Waals surface area contributed by atoms with Gasteiger partial charge in [-0.15, -0.1) is 0 Å². The predicted molar refractivity (Wildman–Crippen MR) is 115 cm³/mol. The molecule has 0 aromatic rings. The van der Waals surface area contributed by atoms with E-state index in [1.54, 1.807) is 19.2 Å². The maximum absolute atomic E-state index is 14.9. The molecule has 4 aliphatic rings. The number of amides is 1. The fourth-order valence-electron chi connectivity index (χ4n) is 5.74. The Morgan fingerprint density at radius 3 is 2.53 bits per heavy atom. The lowest BCUT2D eigenvalue weighted by atomic mass is 9.77. The molecule has 0 aromatic heterocycles. The van der Waals surface area contributed by atoms with E-state index in [1.165, 1.54) is 0 Å². The van der Waals surface area contributed by atoms with E-state index in [9.17, 15) is 9.18 Å². The number of methoxy groups -OCH3 is 2. The summed E-state index contributed by atoms with van der Waals surface area (Å²) < 4.78 is 31.9. The molecule has 6 nitrogen and oxygen atoms in total. The number of carbonyl (C=O) groups is 1. The molecule has 30 heavy (non-hydrogen) atoms. The van der Waals surface area contributed by atoms with Crippen molar-refractivity contribution < 1.29 is 23.4 Å². The molecule has 2 aliphatic heterocycles. The van der Waals surface area contributed by atoms with Crippen LogP contribution in [0.5, 0.6) is 0 Å². The third-order valence-electron chi connectivity index (χ3n) is 7.47. The topological polar surface area (TPSA) is 60.4 Å². The molecule has 4 rings (SSSR count). The van der Waals surface area contributed by atoms with Crippen molar-refractivity contribution in [2.75, 3.05) is 14.2 Å². The number of carbonyl (C=O) groups excluding carboxylic acids is 1. The first-order valence-corrected chi connectivity index (χ1v) is 12.3. The van der Waals surface area contributed by atoms with Gasteiger partial charge in [0.05, 0.1) is 18.2 Å². The van der Waals surface area contributed by atoms with Crippen molar-refractivity contribution >= 4 is 27.5 Å². The van der Waals surface area contributed by atoms with Gasteiger partial charge in [-0.05, 0) is 44.9 Å². The first-order chi connectivity index (χ1) is 14.5. The third kappa shape index (κ3) is 4.62. The van der Waals surface area contributed by atoms with E-state index < -0.39 is 12.3 Å². The molecule has 2 heterocycles. The van der Waals surface area contributed by atoms with Crippen molar-refractivity contribution in [2.45, 2.75) is 99.7 Å². The van der Waals surface area contributed by atoms with Crippen LogP contribution in [0.4, 0.5) is 4.39 Å². The molecule has 2 aliphatic carbocycles. The van der Waals surface area contributed by atoms with Crippen molar-refractivity contribution in [3.8, 4) is 0 Å². The van der Waals surface area contributed by atoms with E-state index in [0.29, 0.717) is 19.3 Å². The highest BCUT2D eigenvalue weighted by Crippen LogP contribution is 2.40. The molecule has 0 spiro atoms. The van der Waals surface area contributed by atoms with Crippen LogP contribution in [0.15, 0.2) is 5.10 Å². The van der Waals surface area contributed by atoms with E-state index in [-0.39, 0.29) is 41.0 Å². The number of hydrogen-bond acceptors (Lipinski definition) is 5. The summed E-state index contributed by atoms with van der Waals surface area (Å²) >= 11 is 3.44. The number of alkyl halides is 2. The summed E-state index contributed by atoms with van der Waals surface area (Å²) in [6, 6.07) is -0.193. The van der Waals surface area contributed by atoms with E-state index in [1.807, 2.05) is 0 Å². The van der Waals surface area contributed by atoms with Crippen LogP contribution in [0, 0.1) is 11.8 Å². The van der Waals surface area contributed by atoms with Gasteiger partial charge >= 0.3 is 0 Å². The van der Waals surface area contributed by atoms with Crippen molar-refractivity contribution in [3.05, 3.63) is 0 Å². The van der Waals surface area contributed by atoms with Crippen LogP contribution in [0.3, 0.4) is 0 Å². The Kier molecular flexibility index (Phi) is 7.48. The zero-order valence-electron chi connectivity index (χ0n) is 18.0. The number of rotatable bonds is 5. The normalized spacial score (nSPS) is 42.4. The highest BCUT2D eigenvalue weighted by Gasteiger charge is 2.46. The molecule has 1 saturated heterocycles. The zero-order valence-corrected chi connectivity index (χ0v) is 19.6. The monoisotopic (exact) mass is 488 g/mol. The molecule has 0 radical (unpaired) electrons. The van der Waals surface area contributed by atoms with Gasteiger partial charge in [0.1, 0.15) is 17.3 Å². The third-order valence-corrected chi connectivity index (χ3v) is 8.15. The van der Waals surface area contributed by atoms with Crippen LogP contribution < -0.4 is 0 Å². The molecule has 8 unspecified atom stereocenters. The second-order valence-electron chi connectivity index (χ2n) is 9.18. The summed E-state index contributed by atoms with van der Waals surface area (Å²) in [6.45, 7) is 0. The molecule has 0 N–H and O–H groups in total. The van der Waals surface area contributed by atoms with Crippen molar-refractivity contribution in [1.29, 1.82) is 0 Å². The minimum atomic E-state index is -0.863. The maximum atomic E-state index is 14.9. The van der Waals surface area contributed by atoms with Gasteiger partial charge in [-0.1, -0.05) is 28.8 Å². The summed E-state index contributed by atoms with van der Waals surface area (Å²) in [5, 5.41) is 6.35. The highest BCUT2D eigenvalue weighted by atomic mass is 79.9. The van der Waals surface area contributed by atoms with Gasteiger partial charge in [0.15, 0.2) is 0 Å². The van der Waals surface area contributed by atoms with Gasteiger partial charge in [-0.2, -0.15) is 5.10 Å². The lowest BCUT2D eigenvalue weighted by Crippen LogP contribution is -2.46. The molecule has 0 aromatic carbocycles. The van der Waals surface area contributed by atoms with Crippen molar-refractivity contribution in [3.63, 3.8) is 0 Å². The van der Waals surface area contributed by atoms with Crippen molar-refractivity contribution in [1.82, 2.24) is 5.01 Å². The number of hydrogen-bond donors (Lipinski definition) is 0. The largest absolute Gasteiger partial charge is 0.379 e. The van der Waals surface area contributed by atoms with Gasteiger partial charge in [-0.25, -0.2) is 9.40 Å². The first kappa shape index (κ1) is 22.6. The molecule has 8 atom stereocenters. The smallest absolute Gasteiger partial charge is 0.272 e. The number of ether oxygens (including phenoxy) is 3. The van der Waals surface area contributed by atoms with Gasteiger partial charge in [0.2, 0.25) is 0 Å². The number of halogens is 2. The minimum Gasteiger partial charge on any atom is -0.379 e. The van der Waals surface area contributed by atoms with E-state index in [2.05, 4.69) is 15.9 Å². The average Bonchev–Trinajstić information content (AvgIpc) is 3.40. The SMILES string of the molecule is COC1CCC(C2=NN(C(=O)C3CCC(Br)O3)C(C3CCCCC3F)C2)CC1OC. The van der Waals surface area contributed by atoms with Gasteiger partial charge in [0.25, 0.3) is 5.91 Å². The van der Waals surface area contributed by atoms with Gasteiger partial charge in [-0.3, -0.25) is 4.79 Å². The fourth-order valence-corrected chi connectivity index (χ4v) is 6.27.